The van der Waals surface area contributed by atoms with Crippen molar-refractivity contribution < 1.29 is 22.8 Å². The third kappa shape index (κ3) is 4.72. The number of nitrogens with zero attached hydrogens (tertiary/aromatic N) is 3. The SMILES string of the molecule is N#Cc1cc(Cl)cc(NC(=O)[C@H]2c3ccccc3C(=O)N(CC(F)(F)F)[C@@H]2c2cccnc2)c1. The highest BCUT2D eigenvalue weighted by Crippen LogP contribution is 2.44. The van der Waals surface area contributed by atoms with Crippen LogP contribution in [0.5, 0.6) is 0 Å². The van der Waals surface area contributed by atoms with Crippen LogP contribution in [0.15, 0.2) is 67.0 Å². The summed E-state index contributed by atoms with van der Waals surface area (Å²) in [6.45, 7) is -1.54. The molecule has 6 nitrogen and oxygen atoms in total. The number of carbonyl (C=O) groups is 2. The van der Waals surface area contributed by atoms with Gasteiger partial charge in [0.15, 0.2) is 0 Å². The van der Waals surface area contributed by atoms with Crippen LogP contribution in [0.4, 0.5) is 18.9 Å². The van der Waals surface area contributed by atoms with Crippen LogP contribution in [0.2, 0.25) is 5.02 Å². The second-order valence-electron chi connectivity index (χ2n) is 7.67. The number of alkyl halides is 3. The molecule has 2 aromatic carbocycles. The van der Waals surface area contributed by atoms with Gasteiger partial charge in [-0.25, -0.2) is 0 Å². The monoisotopic (exact) mass is 484 g/mol. The fraction of sp³-hybridized carbons (Fsp3) is 0.167. The normalized spacial score (nSPS) is 17.6. The Morgan fingerprint density at radius 1 is 1.18 bits per heavy atom. The number of amides is 2. The van der Waals surface area contributed by atoms with E-state index in [-0.39, 0.29) is 27.4 Å². The number of nitrogens with one attached hydrogen (secondary N) is 1. The molecule has 3 aromatic rings. The number of hydrogen-bond acceptors (Lipinski definition) is 4. The smallest absolute Gasteiger partial charge is 0.325 e. The third-order valence-corrected chi connectivity index (χ3v) is 5.61. The van der Waals surface area contributed by atoms with Gasteiger partial charge in [-0.3, -0.25) is 14.6 Å². The highest BCUT2D eigenvalue weighted by molar-refractivity contribution is 6.31. The molecule has 0 saturated heterocycles. The minimum absolute atomic E-state index is 0.0100. The summed E-state index contributed by atoms with van der Waals surface area (Å²) in [5.41, 5.74) is 0.981. The number of fused-ring (bicyclic) bond motifs is 1. The second kappa shape index (κ2) is 9.15. The fourth-order valence-corrected chi connectivity index (χ4v) is 4.35. The first kappa shape index (κ1) is 23.3. The Balaban J connectivity index is 1.85. The maximum Gasteiger partial charge on any atom is 0.406 e. The van der Waals surface area contributed by atoms with E-state index in [2.05, 4.69) is 10.3 Å². The van der Waals surface area contributed by atoms with E-state index in [1.165, 1.54) is 54.9 Å². The molecule has 34 heavy (non-hydrogen) atoms. The van der Waals surface area contributed by atoms with E-state index in [1.807, 2.05) is 6.07 Å². The third-order valence-electron chi connectivity index (χ3n) is 5.39. The lowest BCUT2D eigenvalue weighted by atomic mass is 9.79. The lowest BCUT2D eigenvalue weighted by Gasteiger charge is -2.41. The van der Waals surface area contributed by atoms with Crippen molar-refractivity contribution in [1.29, 1.82) is 5.26 Å². The Bertz CT molecular complexity index is 1290. The van der Waals surface area contributed by atoms with Crippen LogP contribution in [0, 0.1) is 11.3 Å². The van der Waals surface area contributed by atoms with Crippen molar-refractivity contribution in [3.05, 3.63) is 94.3 Å². The van der Waals surface area contributed by atoms with Gasteiger partial charge in [-0.1, -0.05) is 35.9 Å². The average molecular weight is 485 g/mol. The van der Waals surface area contributed by atoms with Gasteiger partial charge in [0, 0.05) is 28.7 Å². The summed E-state index contributed by atoms with van der Waals surface area (Å²) < 4.78 is 40.6. The number of rotatable bonds is 4. The summed E-state index contributed by atoms with van der Waals surface area (Å²) in [6.07, 6.45) is -1.92. The number of anilines is 1. The van der Waals surface area contributed by atoms with Crippen molar-refractivity contribution in [3.8, 4) is 6.07 Å². The van der Waals surface area contributed by atoms with E-state index < -0.39 is 36.5 Å². The van der Waals surface area contributed by atoms with Gasteiger partial charge in [0.2, 0.25) is 5.91 Å². The fourth-order valence-electron chi connectivity index (χ4n) is 4.11. The number of nitriles is 1. The Kier molecular flexibility index (Phi) is 6.26. The highest BCUT2D eigenvalue weighted by Gasteiger charge is 2.47. The van der Waals surface area contributed by atoms with Crippen molar-refractivity contribution >= 4 is 29.1 Å². The van der Waals surface area contributed by atoms with E-state index in [0.717, 1.165) is 0 Å². The highest BCUT2D eigenvalue weighted by atomic mass is 35.5. The summed E-state index contributed by atoms with van der Waals surface area (Å²) in [5, 5.41) is 12.0. The number of benzene rings is 2. The summed E-state index contributed by atoms with van der Waals surface area (Å²) in [6, 6.07) is 14.0. The Morgan fingerprint density at radius 3 is 2.62 bits per heavy atom. The zero-order valence-electron chi connectivity index (χ0n) is 17.4. The molecule has 172 valence electrons. The zero-order chi connectivity index (χ0) is 24.5. The van der Waals surface area contributed by atoms with Gasteiger partial charge >= 0.3 is 6.18 Å². The summed E-state index contributed by atoms with van der Waals surface area (Å²) in [4.78, 5) is 31.4. The number of aromatic nitrogens is 1. The van der Waals surface area contributed by atoms with E-state index in [0.29, 0.717) is 10.5 Å². The summed E-state index contributed by atoms with van der Waals surface area (Å²) >= 11 is 6.03. The Hall–Kier alpha value is -3.90. The quantitative estimate of drug-likeness (QED) is 0.559. The molecule has 0 spiro atoms. The minimum Gasteiger partial charge on any atom is -0.325 e. The standard InChI is InChI=1S/C24H16ClF3N4O2/c25-16-8-14(11-29)9-17(10-16)31-22(33)20-18-5-1-2-6-19(18)23(34)32(13-24(26,27)28)21(20)15-4-3-7-30-12-15/h1-10,12,20-21H,13H2,(H,31,33)/t20-,21+/m0/s1. The second-order valence-corrected chi connectivity index (χ2v) is 8.11. The number of pyridine rings is 1. The molecule has 0 fully saturated rings. The maximum atomic E-state index is 13.6. The van der Waals surface area contributed by atoms with Crippen LogP contribution in [-0.2, 0) is 4.79 Å². The van der Waals surface area contributed by atoms with Gasteiger partial charge < -0.3 is 10.2 Å². The first-order chi connectivity index (χ1) is 16.2. The molecular formula is C24H16ClF3N4O2. The molecule has 1 aromatic heterocycles. The van der Waals surface area contributed by atoms with Crippen molar-refractivity contribution in [2.75, 3.05) is 11.9 Å². The first-order valence-electron chi connectivity index (χ1n) is 10.1. The average Bonchev–Trinajstić information content (AvgIpc) is 2.80. The van der Waals surface area contributed by atoms with Gasteiger partial charge in [0.05, 0.1) is 23.6 Å². The van der Waals surface area contributed by atoms with E-state index >= 15 is 0 Å². The molecular weight excluding hydrogens is 469 g/mol. The molecule has 10 heteroatoms. The lowest BCUT2D eigenvalue weighted by molar-refractivity contribution is -0.148. The molecule has 1 aliphatic heterocycles. The van der Waals surface area contributed by atoms with Crippen LogP contribution in [0.25, 0.3) is 0 Å². The predicted octanol–water partition coefficient (Wildman–Crippen LogP) is 5.09. The minimum atomic E-state index is -4.70. The van der Waals surface area contributed by atoms with Crippen LogP contribution >= 0.6 is 11.6 Å². The van der Waals surface area contributed by atoms with Crippen molar-refractivity contribution in [3.63, 3.8) is 0 Å². The molecule has 0 unspecified atom stereocenters. The van der Waals surface area contributed by atoms with E-state index in [4.69, 9.17) is 11.6 Å². The van der Waals surface area contributed by atoms with Gasteiger partial charge in [-0.15, -0.1) is 0 Å². The largest absolute Gasteiger partial charge is 0.406 e. The number of halogens is 4. The van der Waals surface area contributed by atoms with Gasteiger partial charge in [0.25, 0.3) is 5.91 Å². The summed E-state index contributed by atoms with van der Waals surface area (Å²) in [5.74, 6) is -2.68. The topological polar surface area (TPSA) is 86.1 Å². The van der Waals surface area contributed by atoms with Gasteiger partial charge in [-0.2, -0.15) is 18.4 Å². The molecule has 4 rings (SSSR count). The van der Waals surface area contributed by atoms with Crippen molar-refractivity contribution in [2.45, 2.75) is 18.1 Å². The molecule has 1 aliphatic rings. The molecule has 2 heterocycles. The lowest BCUT2D eigenvalue weighted by Crippen LogP contribution is -2.49. The molecule has 0 bridgehead atoms. The van der Waals surface area contributed by atoms with Crippen LogP contribution in [-0.4, -0.2) is 34.4 Å². The molecule has 2 amide bonds. The molecule has 0 saturated carbocycles. The van der Waals surface area contributed by atoms with Gasteiger partial charge in [0.1, 0.15) is 6.54 Å². The summed E-state index contributed by atoms with van der Waals surface area (Å²) in [7, 11) is 0. The Labute approximate surface area is 197 Å². The molecule has 1 N–H and O–H groups in total. The first-order valence-corrected chi connectivity index (χ1v) is 10.4. The molecule has 2 atom stereocenters. The molecule has 0 radical (unpaired) electrons. The van der Waals surface area contributed by atoms with Crippen LogP contribution in [0.3, 0.4) is 0 Å². The number of carbonyl (C=O) groups excluding carboxylic acids is 2. The Morgan fingerprint density at radius 2 is 1.94 bits per heavy atom. The molecule has 0 aliphatic carbocycles. The van der Waals surface area contributed by atoms with Crippen LogP contribution < -0.4 is 5.32 Å². The number of hydrogen-bond donors (Lipinski definition) is 1. The zero-order valence-corrected chi connectivity index (χ0v) is 18.1. The van der Waals surface area contributed by atoms with Crippen molar-refractivity contribution in [1.82, 2.24) is 9.88 Å². The van der Waals surface area contributed by atoms with Gasteiger partial charge in [-0.05, 0) is 41.5 Å². The van der Waals surface area contributed by atoms with Crippen LogP contribution in [0.1, 0.15) is 39.0 Å². The predicted molar refractivity (Wildman–Crippen MR) is 118 cm³/mol. The van der Waals surface area contributed by atoms with E-state index in [1.54, 1.807) is 12.1 Å². The van der Waals surface area contributed by atoms with E-state index in [9.17, 15) is 28.0 Å². The maximum absolute atomic E-state index is 13.6. The van der Waals surface area contributed by atoms with Crippen molar-refractivity contribution in [2.24, 2.45) is 0 Å².